The van der Waals surface area contributed by atoms with Crippen LogP contribution in [0.5, 0.6) is 0 Å². The minimum atomic E-state index is 0. The Morgan fingerprint density at radius 3 is 2.05 bits per heavy atom. The number of hydrogen-bond donors (Lipinski definition) is 0. The average molecular weight is 331 g/mol. The number of rotatable bonds is 6. The Morgan fingerprint density at radius 1 is 1.00 bits per heavy atom. The van der Waals surface area contributed by atoms with Gasteiger partial charge in [-0.15, -0.1) is 12.4 Å². The van der Waals surface area contributed by atoms with Gasteiger partial charge in [0.15, 0.2) is 0 Å². The minimum absolute atomic E-state index is 0. The van der Waals surface area contributed by atoms with E-state index < -0.39 is 0 Å². The summed E-state index contributed by atoms with van der Waals surface area (Å²) in [5.74, 6) is 2.01. The Morgan fingerprint density at radius 2 is 1.55 bits per heavy atom. The number of likely N-dealkylation sites (tertiary alicyclic amines) is 2. The first-order valence-electron chi connectivity index (χ1n) is 9.32. The third-order valence-electron chi connectivity index (χ3n) is 6.11. The maximum Gasteiger partial charge on any atom is 0.0964 e. The highest BCUT2D eigenvalue weighted by molar-refractivity contribution is 5.85. The first-order valence-corrected chi connectivity index (χ1v) is 9.32. The summed E-state index contributed by atoms with van der Waals surface area (Å²) in [5.41, 5.74) is 0. The quantitative estimate of drug-likeness (QED) is 0.695. The molecular weight excluding hydrogens is 296 g/mol. The zero-order valence-electron chi connectivity index (χ0n) is 14.5. The minimum Gasteiger partial charge on any atom is -0.371 e. The van der Waals surface area contributed by atoms with E-state index in [-0.39, 0.29) is 12.4 Å². The van der Waals surface area contributed by atoms with Crippen LogP contribution in [-0.2, 0) is 4.74 Å². The van der Waals surface area contributed by atoms with Crippen molar-refractivity contribution in [3.63, 3.8) is 0 Å². The van der Waals surface area contributed by atoms with Gasteiger partial charge in [-0.2, -0.15) is 0 Å². The lowest BCUT2D eigenvalue weighted by atomic mass is 9.78. The van der Waals surface area contributed by atoms with E-state index in [1.807, 2.05) is 0 Å². The number of epoxide rings is 1. The Hall–Kier alpha value is 0.170. The van der Waals surface area contributed by atoms with Gasteiger partial charge in [0.1, 0.15) is 0 Å². The van der Waals surface area contributed by atoms with Crippen LogP contribution in [0.25, 0.3) is 0 Å². The topological polar surface area (TPSA) is 19.0 Å². The molecule has 3 aliphatic rings. The maximum atomic E-state index is 5.63. The molecule has 2 unspecified atom stereocenters. The molecule has 0 saturated carbocycles. The van der Waals surface area contributed by atoms with Gasteiger partial charge in [0, 0.05) is 6.04 Å². The zero-order chi connectivity index (χ0) is 14.7. The summed E-state index contributed by atoms with van der Waals surface area (Å²) < 4.78 is 5.63. The third kappa shape index (κ3) is 4.83. The Kier molecular flexibility index (Phi) is 7.46. The molecule has 0 aromatic carbocycles. The van der Waals surface area contributed by atoms with Crippen molar-refractivity contribution < 1.29 is 4.74 Å². The standard InChI is InChI=1S/C18H34N2O.ClH/c1-3-4-5-17(18-14-21-18)20-12-8-16(9-13-20)15-6-10-19(2)11-7-15;/h15-18H,3-14H2,1-2H3;1H. The summed E-state index contributed by atoms with van der Waals surface area (Å²) in [4.78, 5) is 5.26. The molecule has 0 N–H and O–H groups in total. The molecule has 130 valence electrons. The van der Waals surface area contributed by atoms with Crippen molar-refractivity contribution in [2.75, 3.05) is 39.8 Å². The molecule has 3 fully saturated rings. The highest BCUT2D eigenvalue weighted by atomic mass is 35.5. The van der Waals surface area contributed by atoms with E-state index >= 15 is 0 Å². The number of nitrogens with zero attached hydrogens (tertiary/aromatic N) is 2. The molecule has 3 saturated heterocycles. The fourth-order valence-electron chi connectivity index (χ4n) is 4.52. The van der Waals surface area contributed by atoms with Crippen LogP contribution in [0.3, 0.4) is 0 Å². The van der Waals surface area contributed by atoms with Crippen LogP contribution in [0.4, 0.5) is 0 Å². The van der Waals surface area contributed by atoms with Gasteiger partial charge >= 0.3 is 0 Å². The van der Waals surface area contributed by atoms with E-state index in [4.69, 9.17) is 4.74 Å². The van der Waals surface area contributed by atoms with Gasteiger partial charge in [-0.25, -0.2) is 0 Å². The second-order valence-electron chi connectivity index (χ2n) is 7.60. The number of halogens is 1. The SMILES string of the molecule is CCCCC(C1CO1)N1CCC(C2CCN(C)CC2)CC1.Cl. The van der Waals surface area contributed by atoms with Gasteiger partial charge in [-0.1, -0.05) is 19.8 Å². The molecule has 2 atom stereocenters. The van der Waals surface area contributed by atoms with Crippen LogP contribution < -0.4 is 0 Å². The summed E-state index contributed by atoms with van der Waals surface area (Å²) >= 11 is 0. The maximum absolute atomic E-state index is 5.63. The highest BCUT2D eigenvalue weighted by Crippen LogP contribution is 2.34. The third-order valence-corrected chi connectivity index (χ3v) is 6.11. The summed E-state index contributed by atoms with van der Waals surface area (Å²) in [6.07, 6.45) is 10.3. The van der Waals surface area contributed by atoms with Crippen molar-refractivity contribution >= 4 is 12.4 Å². The van der Waals surface area contributed by atoms with Crippen LogP contribution >= 0.6 is 12.4 Å². The number of ether oxygens (including phenoxy) is 1. The number of unbranched alkanes of at least 4 members (excludes halogenated alkanes) is 1. The lowest BCUT2D eigenvalue weighted by molar-refractivity contribution is 0.0681. The smallest absolute Gasteiger partial charge is 0.0964 e. The van der Waals surface area contributed by atoms with E-state index in [1.54, 1.807) is 0 Å². The molecule has 4 heteroatoms. The van der Waals surface area contributed by atoms with Gasteiger partial charge in [-0.3, -0.25) is 4.90 Å². The molecule has 0 radical (unpaired) electrons. The van der Waals surface area contributed by atoms with Gasteiger partial charge in [0.2, 0.25) is 0 Å². The molecule has 0 aromatic rings. The molecule has 0 aromatic heterocycles. The van der Waals surface area contributed by atoms with Crippen LogP contribution in [0.2, 0.25) is 0 Å². The Balaban J connectivity index is 0.00000176. The predicted molar refractivity (Wildman–Crippen MR) is 94.8 cm³/mol. The van der Waals surface area contributed by atoms with Crippen LogP contribution in [0.1, 0.15) is 51.9 Å². The van der Waals surface area contributed by atoms with E-state index in [1.165, 1.54) is 71.1 Å². The molecule has 3 nitrogen and oxygen atoms in total. The van der Waals surface area contributed by atoms with Crippen molar-refractivity contribution in [1.82, 2.24) is 9.80 Å². The molecule has 0 amide bonds. The Bertz CT molecular complexity index is 308. The van der Waals surface area contributed by atoms with Crippen molar-refractivity contribution in [2.45, 2.75) is 64.0 Å². The van der Waals surface area contributed by atoms with Crippen molar-refractivity contribution in [2.24, 2.45) is 11.8 Å². The molecular formula is C18H35ClN2O. The summed E-state index contributed by atoms with van der Waals surface area (Å²) in [7, 11) is 2.27. The molecule has 0 aliphatic carbocycles. The van der Waals surface area contributed by atoms with Crippen molar-refractivity contribution in [1.29, 1.82) is 0 Å². The molecule has 22 heavy (non-hydrogen) atoms. The highest BCUT2D eigenvalue weighted by Gasteiger charge is 2.38. The molecule has 3 aliphatic heterocycles. The van der Waals surface area contributed by atoms with E-state index in [0.29, 0.717) is 6.10 Å². The van der Waals surface area contributed by atoms with Crippen molar-refractivity contribution in [3.8, 4) is 0 Å². The van der Waals surface area contributed by atoms with Crippen LogP contribution in [0, 0.1) is 11.8 Å². The van der Waals surface area contributed by atoms with Gasteiger partial charge < -0.3 is 9.64 Å². The molecule has 3 heterocycles. The normalized spacial score (nSPS) is 30.0. The summed E-state index contributed by atoms with van der Waals surface area (Å²) in [5, 5.41) is 0. The largest absolute Gasteiger partial charge is 0.371 e. The Labute approximate surface area is 143 Å². The lowest BCUT2D eigenvalue weighted by Gasteiger charge is -2.41. The fourth-order valence-corrected chi connectivity index (χ4v) is 4.52. The lowest BCUT2D eigenvalue weighted by Crippen LogP contribution is -2.46. The van der Waals surface area contributed by atoms with E-state index in [9.17, 15) is 0 Å². The first-order chi connectivity index (χ1) is 10.3. The summed E-state index contributed by atoms with van der Waals surface area (Å²) in [6, 6.07) is 0.725. The van der Waals surface area contributed by atoms with Crippen LogP contribution in [0.15, 0.2) is 0 Å². The number of piperidine rings is 2. The van der Waals surface area contributed by atoms with Gasteiger partial charge in [0.25, 0.3) is 0 Å². The van der Waals surface area contributed by atoms with Crippen molar-refractivity contribution in [3.05, 3.63) is 0 Å². The monoisotopic (exact) mass is 330 g/mol. The van der Waals surface area contributed by atoms with Gasteiger partial charge in [-0.05, 0) is 77.2 Å². The molecule has 0 bridgehead atoms. The zero-order valence-corrected chi connectivity index (χ0v) is 15.3. The predicted octanol–water partition coefficient (Wildman–Crippen LogP) is 3.42. The van der Waals surface area contributed by atoms with Gasteiger partial charge in [0.05, 0.1) is 12.7 Å². The van der Waals surface area contributed by atoms with E-state index in [2.05, 4.69) is 23.8 Å². The second kappa shape index (κ2) is 8.86. The average Bonchev–Trinajstić information content (AvgIpc) is 3.34. The first kappa shape index (κ1) is 18.5. The number of hydrogen-bond acceptors (Lipinski definition) is 3. The molecule has 0 spiro atoms. The van der Waals surface area contributed by atoms with E-state index in [0.717, 1.165) is 24.5 Å². The fraction of sp³-hybridized carbons (Fsp3) is 1.00. The molecule has 3 rings (SSSR count). The second-order valence-corrected chi connectivity index (χ2v) is 7.60. The van der Waals surface area contributed by atoms with Crippen LogP contribution in [-0.4, -0.2) is 61.8 Å². The summed E-state index contributed by atoms with van der Waals surface area (Å²) in [6.45, 7) is 8.61.